The van der Waals surface area contributed by atoms with Crippen molar-refractivity contribution in [2.45, 2.75) is 20.0 Å². The van der Waals surface area contributed by atoms with Gasteiger partial charge in [-0.15, -0.1) is 0 Å². The first-order valence-electron chi connectivity index (χ1n) is 6.40. The van der Waals surface area contributed by atoms with Crippen LogP contribution in [0.2, 0.25) is 0 Å². The summed E-state index contributed by atoms with van der Waals surface area (Å²) < 4.78 is 7.28. The lowest BCUT2D eigenvalue weighted by atomic mass is 10.1. The number of nitrogen functional groups attached to an aromatic ring is 1. The van der Waals surface area contributed by atoms with Crippen LogP contribution in [0.3, 0.4) is 0 Å². The first-order valence-corrected chi connectivity index (χ1v) is 7.99. The molecule has 0 saturated heterocycles. The molecule has 2 aromatic rings. The fourth-order valence-corrected chi connectivity index (χ4v) is 2.73. The summed E-state index contributed by atoms with van der Waals surface area (Å²) in [7, 11) is 0. The van der Waals surface area contributed by atoms with Gasteiger partial charge in [0.1, 0.15) is 5.75 Å². The number of hydrogen-bond donors (Lipinski definition) is 1. The maximum Gasteiger partial charge on any atom is 0.204 e. The molecule has 1 atom stereocenters. The topological polar surface area (TPSA) is 52.3 Å². The van der Waals surface area contributed by atoms with Gasteiger partial charge >= 0.3 is 0 Å². The van der Waals surface area contributed by atoms with Gasteiger partial charge in [0.15, 0.2) is 6.10 Å². The van der Waals surface area contributed by atoms with Crippen LogP contribution in [0.25, 0.3) is 0 Å². The van der Waals surface area contributed by atoms with Gasteiger partial charge in [-0.3, -0.25) is 4.79 Å². The van der Waals surface area contributed by atoms with Gasteiger partial charge in [0, 0.05) is 14.5 Å². The molecular formula is C16H15Br2NO2. The molecule has 0 aliphatic rings. The molecule has 0 fully saturated rings. The summed E-state index contributed by atoms with van der Waals surface area (Å²) in [5.41, 5.74) is 8.06. The van der Waals surface area contributed by atoms with Crippen LogP contribution in [-0.4, -0.2) is 11.9 Å². The summed E-state index contributed by atoms with van der Waals surface area (Å²) in [5, 5.41) is 0. The van der Waals surface area contributed by atoms with Gasteiger partial charge < -0.3 is 10.5 Å². The van der Waals surface area contributed by atoms with Crippen molar-refractivity contribution in [2.24, 2.45) is 0 Å². The van der Waals surface area contributed by atoms with Gasteiger partial charge in [0.05, 0.1) is 5.69 Å². The minimum atomic E-state index is -0.624. The molecule has 0 spiro atoms. The van der Waals surface area contributed by atoms with E-state index in [1.165, 1.54) is 0 Å². The molecular weight excluding hydrogens is 398 g/mol. The minimum Gasteiger partial charge on any atom is -0.480 e. The lowest BCUT2D eigenvalue weighted by molar-refractivity contribution is 0.0818. The molecule has 0 aromatic heterocycles. The third-order valence-corrected chi connectivity index (χ3v) is 4.22. The van der Waals surface area contributed by atoms with Crippen LogP contribution in [-0.2, 0) is 0 Å². The van der Waals surface area contributed by atoms with E-state index in [-0.39, 0.29) is 5.78 Å². The maximum atomic E-state index is 12.5. The second kappa shape index (κ2) is 6.62. The summed E-state index contributed by atoms with van der Waals surface area (Å²) in [6.07, 6.45) is -0.624. The van der Waals surface area contributed by atoms with Gasteiger partial charge in [-0.2, -0.15) is 0 Å². The molecule has 0 bridgehead atoms. The molecule has 0 radical (unpaired) electrons. The van der Waals surface area contributed by atoms with Crippen LogP contribution in [0.15, 0.2) is 45.3 Å². The van der Waals surface area contributed by atoms with Crippen LogP contribution in [0.5, 0.6) is 5.75 Å². The number of nitrogens with two attached hydrogens (primary N) is 1. The van der Waals surface area contributed by atoms with E-state index in [9.17, 15) is 4.79 Å². The number of ether oxygens (including phenoxy) is 1. The number of carbonyl (C=O) groups is 1. The Labute approximate surface area is 140 Å². The van der Waals surface area contributed by atoms with Gasteiger partial charge in [-0.05, 0) is 49.7 Å². The lowest BCUT2D eigenvalue weighted by Crippen LogP contribution is -2.24. The first-order chi connectivity index (χ1) is 9.88. The Kier molecular flexibility index (Phi) is 5.06. The Hall–Kier alpha value is -1.33. The number of benzene rings is 2. The number of rotatable bonds is 4. The average Bonchev–Trinajstić information content (AvgIpc) is 2.43. The van der Waals surface area contributed by atoms with E-state index >= 15 is 0 Å². The zero-order valence-corrected chi connectivity index (χ0v) is 14.9. The van der Waals surface area contributed by atoms with Gasteiger partial charge in [0.2, 0.25) is 5.78 Å². The second-order valence-electron chi connectivity index (χ2n) is 4.79. The highest BCUT2D eigenvalue weighted by Crippen LogP contribution is 2.26. The van der Waals surface area contributed by atoms with Gasteiger partial charge in [-0.1, -0.05) is 37.9 Å². The van der Waals surface area contributed by atoms with Crippen molar-refractivity contribution in [3.05, 3.63) is 56.5 Å². The van der Waals surface area contributed by atoms with Crippen LogP contribution < -0.4 is 10.5 Å². The van der Waals surface area contributed by atoms with Crippen LogP contribution in [0.4, 0.5) is 5.69 Å². The predicted molar refractivity (Wildman–Crippen MR) is 91.9 cm³/mol. The summed E-state index contributed by atoms with van der Waals surface area (Å²) in [4.78, 5) is 12.5. The monoisotopic (exact) mass is 411 g/mol. The Bertz CT molecular complexity index is 686. The molecule has 0 amide bonds. The molecule has 110 valence electrons. The molecule has 21 heavy (non-hydrogen) atoms. The summed E-state index contributed by atoms with van der Waals surface area (Å²) in [6.45, 7) is 3.67. The van der Waals surface area contributed by atoms with Crippen LogP contribution in [0, 0.1) is 6.92 Å². The predicted octanol–water partition coefficient (Wildman–Crippen LogP) is 4.75. The fourth-order valence-electron chi connectivity index (χ4n) is 1.92. The third kappa shape index (κ3) is 3.86. The Morgan fingerprint density at radius 2 is 1.90 bits per heavy atom. The molecule has 2 aromatic carbocycles. The van der Waals surface area contributed by atoms with Gasteiger partial charge in [-0.25, -0.2) is 0 Å². The average molecular weight is 413 g/mol. The molecule has 3 nitrogen and oxygen atoms in total. The number of Topliss-reactive ketones (excluding diaryl/α,β-unsaturated/α-hetero) is 1. The van der Waals surface area contributed by atoms with E-state index in [1.54, 1.807) is 19.1 Å². The zero-order valence-electron chi connectivity index (χ0n) is 11.7. The van der Waals surface area contributed by atoms with Crippen molar-refractivity contribution in [1.29, 1.82) is 0 Å². The molecule has 0 heterocycles. The number of anilines is 1. The SMILES string of the molecule is Cc1ccc(OC(C)C(=O)c2cc(Br)ccc2Br)c(N)c1. The highest BCUT2D eigenvalue weighted by molar-refractivity contribution is 9.11. The van der Waals surface area contributed by atoms with Crippen LogP contribution in [0.1, 0.15) is 22.8 Å². The lowest BCUT2D eigenvalue weighted by Gasteiger charge is -2.16. The van der Waals surface area contributed by atoms with Gasteiger partial charge in [0.25, 0.3) is 0 Å². The van der Waals surface area contributed by atoms with Crippen molar-refractivity contribution in [3.8, 4) is 5.75 Å². The molecule has 0 aliphatic carbocycles. The molecule has 2 rings (SSSR count). The fraction of sp³-hybridized carbons (Fsp3) is 0.188. The Morgan fingerprint density at radius 1 is 1.19 bits per heavy atom. The van der Waals surface area contributed by atoms with E-state index in [4.69, 9.17) is 10.5 Å². The van der Waals surface area contributed by atoms with Crippen molar-refractivity contribution in [1.82, 2.24) is 0 Å². The highest BCUT2D eigenvalue weighted by Gasteiger charge is 2.20. The second-order valence-corrected chi connectivity index (χ2v) is 6.56. The number of halogens is 2. The standard InChI is InChI=1S/C16H15Br2NO2/c1-9-3-6-15(14(19)7-9)21-10(2)16(20)12-8-11(17)4-5-13(12)18/h3-8,10H,19H2,1-2H3. The molecule has 1 unspecified atom stereocenters. The zero-order chi connectivity index (χ0) is 15.6. The molecule has 0 saturated carbocycles. The summed E-state index contributed by atoms with van der Waals surface area (Å²) in [6, 6.07) is 11.0. The summed E-state index contributed by atoms with van der Waals surface area (Å²) >= 11 is 6.75. The molecule has 0 aliphatic heterocycles. The number of carbonyl (C=O) groups excluding carboxylic acids is 1. The van der Waals surface area contributed by atoms with Crippen molar-refractivity contribution in [3.63, 3.8) is 0 Å². The maximum absolute atomic E-state index is 12.5. The minimum absolute atomic E-state index is 0.108. The number of aryl methyl sites for hydroxylation is 1. The quantitative estimate of drug-likeness (QED) is 0.582. The van der Waals surface area contributed by atoms with Crippen molar-refractivity contribution < 1.29 is 9.53 Å². The van der Waals surface area contributed by atoms with E-state index in [2.05, 4.69) is 31.9 Å². The van der Waals surface area contributed by atoms with E-state index in [1.807, 2.05) is 31.2 Å². The van der Waals surface area contributed by atoms with Crippen molar-refractivity contribution >= 4 is 43.3 Å². The smallest absolute Gasteiger partial charge is 0.204 e. The highest BCUT2D eigenvalue weighted by atomic mass is 79.9. The largest absolute Gasteiger partial charge is 0.480 e. The normalized spacial score (nSPS) is 12.0. The van der Waals surface area contributed by atoms with E-state index in [0.29, 0.717) is 17.0 Å². The number of ketones is 1. The van der Waals surface area contributed by atoms with E-state index in [0.717, 1.165) is 14.5 Å². The number of hydrogen-bond acceptors (Lipinski definition) is 3. The van der Waals surface area contributed by atoms with Crippen LogP contribution >= 0.6 is 31.9 Å². The molecule has 5 heteroatoms. The molecule has 2 N–H and O–H groups in total. The Balaban J connectivity index is 2.21. The van der Waals surface area contributed by atoms with E-state index < -0.39 is 6.10 Å². The first kappa shape index (κ1) is 16.0. The van der Waals surface area contributed by atoms with Crippen molar-refractivity contribution in [2.75, 3.05) is 5.73 Å². The third-order valence-electron chi connectivity index (χ3n) is 3.03. The summed E-state index contributed by atoms with van der Waals surface area (Å²) in [5.74, 6) is 0.413. The Morgan fingerprint density at radius 3 is 2.57 bits per heavy atom.